The van der Waals surface area contributed by atoms with Gasteiger partial charge >= 0.3 is 0 Å². The van der Waals surface area contributed by atoms with Gasteiger partial charge in [-0.1, -0.05) is 34.7 Å². The maximum Gasteiger partial charge on any atom is 0.179 e. The topological polar surface area (TPSA) is 49.6 Å². The Bertz CT molecular complexity index is 559. The average Bonchev–Trinajstić information content (AvgIpc) is 2.67. The van der Waals surface area contributed by atoms with E-state index < -0.39 is 0 Å². The number of benzene rings is 1. The summed E-state index contributed by atoms with van der Waals surface area (Å²) in [5.41, 5.74) is 0.558. The summed E-state index contributed by atoms with van der Waals surface area (Å²) in [6.07, 6.45) is 0. The molecule has 0 radical (unpaired) electrons. The van der Waals surface area contributed by atoms with Crippen LogP contribution in [0.15, 0.2) is 27.4 Å². The van der Waals surface area contributed by atoms with E-state index >= 15 is 0 Å². The van der Waals surface area contributed by atoms with Crippen molar-refractivity contribution in [3.05, 3.63) is 33.8 Å². The summed E-state index contributed by atoms with van der Waals surface area (Å²) in [6, 6.07) is 7.25. The Morgan fingerprint density at radius 2 is 2.25 bits per heavy atom. The predicted octanol–water partition coefficient (Wildman–Crippen LogP) is 3.52. The Kier molecular flexibility index (Phi) is 3.44. The summed E-state index contributed by atoms with van der Waals surface area (Å²) < 4.78 is 0.851. The summed E-state index contributed by atoms with van der Waals surface area (Å²) in [5, 5.41) is 18.1. The fraction of sp³-hybridized carbons (Fsp3) is 0.100. The van der Waals surface area contributed by atoms with Gasteiger partial charge in [0.1, 0.15) is 5.01 Å². The first kappa shape index (κ1) is 11.4. The molecule has 0 aliphatic rings. The molecule has 0 saturated heterocycles. The molecule has 1 aromatic heterocycles. The van der Waals surface area contributed by atoms with Gasteiger partial charge < -0.3 is 0 Å². The zero-order valence-electron chi connectivity index (χ0n) is 8.27. The molecule has 0 spiro atoms. The average molecular weight is 268 g/mol. The van der Waals surface area contributed by atoms with Gasteiger partial charge in [-0.2, -0.15) is 5.26 Å². The third-order valence-corrected chi connectivity index (χ3v) is 4.16. The number of halogens is 1. The zero-order chi connectivity index (χ0) is 11.5. The van der Waals surface area contributed by atoms with Gasteiger partial charge in [-0.25, -0.2) is 0 Å². The summed E-state index contributed by atoms with van der Waals surface area (Å²) in [6.45, 7) is 1.90. The molecule has 0 aliphatic carbocycles. The van der Waals surface area contributed by atoms with Crippen molar-refractivity contribution in [1.29, 1.82) is 5.26 Å². The van der Waals surface area contributed by atoms with E-state index in [-0.39, 0.29) is 0 Å². The smallest absolute Gasteiger partial charge is 0.179 e. The highest BCUT2D eigenvalue weighted by Crippen LogP contribution is 2.34. The maximum absolute atomic E-state index is 8.71. The molecule has 0 unspecified atom stereocenters. The lowest BCUT2D eigenvalue weighted by Gasteiger charge is -2.00. The second-order valence-electron chi connectivity index (χ2n) is 2.95. The van der Waals surface area contributed by atoms with E-state index in [4.69, 9.17) is 16.9 Å². The van der Waals surface area contributed by atoms with E-state index in [1.807, 2.05) is 19.1 Å². The SMILES string of the molecule is Cc1nnc(Sc2ccc(C#N)cc2Cl)s1. The Morgan fingerprint density at radius 1 is 1.44 bits per heavy atom. The Morgan fingerprint density at radius 3 is 2.81 bits per heavy atom. The van der Waals surface area contributed by atoms with Crippen LogP contribution in [-0.4, -0.2) is 10.2 Å². The van der Waals surface area contributed by atoms with E-state index in [1.165, 1.54) is 23.1 Å². The maximum atomic E-state index is 8.71. The van der Waals surface area contributed by atoms with Crippen molar-refractivity contribution < 1.29 is 0 Å². The van der Waals surface area contributed by atoms with Crippen LogP contribution in [0.1, 0.15) is 10.6 Å². The van der Waals surface area contributed by atoms with Gasteiger partial charge in [-0.3, -0.25) is 0 Å². The van der Waals surface area contributed by atoms with Crippen molar-refractivity contribution in [1.82, 2.24) is 10.2 Å². The van der Waals surface area contributed by atoms with Crippen molar-refractivity contribution in [3.63, 3.8) is 0 Å². The molecule has 3 nitrogen and oxygen atoms in total. The lowest BCUT2D eigenvalue weighted by Crippen LogP contribution is -1.78. The lowest BCUT2D eigenvalue weighted by molar-refractivity contribution is 0.984. The van der Waals surface area contributed by atoms with Gasteiger partial charge in [0.25, 0.3) is 0 Å². The van der Waals surface area contributed by atoms with Crippen LogP contribution in [-0.2, 0) is 0 Å². The van der Waals surface area contributed by atoms with Crippen LogP contribution < -0.4 is 0 Å². The highest BCUT2D eigenvalue weighted by atomic mass is 35.5. The highest BCUT2D eigenvalue weighted by Gasteiger charge is 2.07. The zero-order valence-corrected chi connectivity index (χ0v) is 10.7. The molecule has 0 amide bonds. The van der Waals surface area contributed by atoms with E-state index in [1.54, 1.807) is 12.1 Å². The molecule has 0 bridgehead atoms. The van der Waals surface area contributed by atoms with Crippen LogP contribution in [0.4, 0.5) is 0 Å². The minimum Gasteiger partial charge on any atom is -0.192 e. The van der Waals surface area contributed by atoms with E-state index in [0.717, 1.165) is 14.2 Å². The van der Waals surface area contributed by atoms with Crippen LogP contribution in [0.5, 0.6) is 0 Å². The molecular weight excluding hydrogens is 262 g/mol. The molecule has 16 heavy (non-hydrogen) atoms. The fourth-order valence-electron chi connectivity index (χ4n) is 1.07. The molecule has 2 aromatic rings. The quantitative estimate of drug-likeness (QED) is 0.835. The summed E-state index contributed by atoms with van der Waals surface area (Å²) in [5.74, 6) is 0. The first-order valence-electron chi connectivity index (χ1n) is 4.36. The Balaban J connectivity index is 2.26. The van der Waals surface area contributed by atoms with Crippen molar-refractivity contribution in [3.8, 4) is 6.07 Å². The number of rotatable bonds is 2. The number of hydrogen-bond acceptors (Lipinski definition) is 5. The number of aromatic nitrogens is 2. The van der Waals surface area contributed by atoms with Crippen LogP contribution in [0, 0.1) is 18.3 Å². The van der Waals surface area contributed by atoms with Crippen molar-refractivity contribution in [2.75, 3.05) is 0 Å². The van der Waals surface area contributed by atoms with Gasteiger partial charge in [0.2, 0.25) is 0 Å². The van der Waals surface area contributed by atoms with Crippen LogP contribution in [0.3, 0.4) is 0 Å². The molecule has 0 atom stereocenters. The van der Waals surface area contributed by atoms with Crippen LogP contribution in [0.25, 0.3) is 0 Å². The van der Waals surface area contributed by atoms with Gasteiger partial charge in [-0.15, -0.1) is 10.2 Å². The van der Waals surface area contributed by atoms with E-state index in [9.17, 15) is 0 Å². The minimum absolute atomic E-state index is 0.558. The van der Waals surface area contributed by atoms with E-state index in [2.05, 4.69) is 10.2 Å². The first-order valence-corrected chi connectivity index (χ1v) is 6.38. The largest absolute Gasteiger partial charge is 0.192 e. The normalized spacial score (nSPS) is 10.1. The molecule has 0 saturated carbocycles. The third-order valence-electron chi connectivity index (χ3n) is 1.77. The number of nitriles is 1. The lowest BCUT2D eigenvalue weighted by atomic mass is 10.2. The Hall–Kier alpha value is -1.09. The molecule has 0 N–H and O–H groups in total. The van der Waals surface area contributed by atoms with Gasteiger partial charge in [0.05, 0.1) is 16.7 Å². The van der Waals surface area contributed by atoms with Crippen molar-refractivity contribution in [2.24, 2.45) is 0 Å². The monoisotopic (exact) mass is 267 g/mol. The third kappa shape index (κ3) is 2.53. The second-order valence-corrected chi connectivity index (χ2v) is 5.82. The predicted molar refractivity (Wildman–Crippen MR) is 64.9 cm³/mol. The standard InChI is InChI=1S/C10H6ClN3S2/c1-6-13-14-10(15-6)16-9-3-2-7(5-12)4-8(9)11/h2-4H,1H3. The van der Waals surface area contributed by atoms with Gasteiger partial charge in [0, 0.05) is 4.90 Å². The second kappa shape index (κ2) is 4.83. The van der Waals surface area contributed by atoms with E-state index in [0.29, 0.717) is 10.6 Å². The van der Waals surface area contributed by atoms with Crippen LogP contribution in [0.2, 0.25) is 5.02 Å². The molecule has 6 heteroatoms. The molecule has 1 heterocycles. The molecule has 2 rings (SSSR count). The number of nitrogens with zero attached hydrogens (tertiary/aromatic N) is 3. The molecule has 0 fully saturated rings. The first-order chi connectivity index (χ1) is 7.69. The summed E-state index contributed by atoms with van der Waals surface area (Å²) in [4.78, 5) is 0.886. The Labute approximate surface area is 106 Å². The van der Waals surface area contributed by atoms with Crippen molar-refractivity contribution in [2.45, 2.75) is 16.2 Å². The molecule has 80 valence electrons. The molecular formula is C10H6ClN3S2. The van der Waals surface area contributed by atoms with Crippen molar-refractivity contribution >= 4 is 34.7 Å². The summed E-state index contributed by atoms with van der Waals surface area (Å²) in [7, 11) is 0. The number of hydrogen-bond donors (Lipinski definition) is 0. The molecule has 1 aromatic carbocycles. The summed E-state index contributed by atoms with van der Waals surface area (Å²) >= 11 is 9.03. The fourth-order valence-corrected chi connectivity index (χ4v) is 3.14. The number of aryl methyl sites for hydroxylation is 1. The highest BCUT2D eigenvalue weighted by molar-refractivity contribution is 8.01. The van der Waals surface area contributed by atoms with Gasteiger partial charge in [-0.05, 0) is 25.1 Å². The van der Waals surface area contributed by atoms with Gasteiger partial charge in [0.15, 0.2) is 4.34 Å². The molecule has 0 aliphatic heterocycles. The minimum atomic E-state index is 0.558. The van der Waals surface area contributed by atoms with Crippen LogP contribution >= 0.6 is 34.7 Å².